The number of nitrogens with zero attached hydrogens (tertiary/aromatic N) is 1. The van der Waals surface area contributed by atoms with Crippen molar-refractivity contribution in [3.05, 3.63) is 35.1 Å². The van der Waals surface area contributed by atoms with Gasteiger partial charge >= 0.3 is 0 Å². The normalized spacial score (nSPS) is 22.4. The van der Waals surface area contributed by atoms with Crippen LogP contribution in [0.4, 0.5) is 4.39 Å². The summed E-state index contributed by atoms with van der Waals surface area (Å²) in [6.07, 6.45) is 0.831. The van der Waals surface area contributed by atoms with Crippen molar-refractivity contribution < 1.29 is 13.9 Å². The fourth-order valence-electron chi connectivity index (χ4n) is 2.17. The number of nitrogens with one attached hydrogen (secondary N) is 1. The number of hydrogen-bond donors (Lipinski definition) is 1. The molecule has 1 fully saturated rings. The zero-order chi connectivity index (χ0) is 13.7. The van der Waals surface area contributed by atoms with Crippen LogP contribution in [0.5, 0.6) is 0 Å². The predicted octanol–water partition coefficient (Wildman–Crippen LogP) is 1.59. The molecule has 1 heterocycles. The molecule has 0 radical (unpaired) electrons. The van der Waals surface area contributed by atoms with Crippen LogP contribution in [0, 0.1) is 17.1 Å². The number of ether oxygens (including phenoxy) is 2. The maximum atomic E-state index is 13.6. The van der Waals surface area contributed by atoms with Gasteiger partial charge in [-0.25, -0.2) is 4.39 Å². The van der Waals surface area contributed by atoms with E-state index in [4.69, 9.17) is 14.7 Å². The highest BCUT2D eigenvalue weighted by Gasteiger charge is 2.34. The van der Waals surface area contributed by atoms with Gasteiger partial charge in [0, 0.05) is 38.8 Å². The molecular formula is C14H17FN2O2. The first-order valence-electron chi connectivity index (χ1n) is 6.21. The third-order valence-corrected chi connectivity index (χ3v) is 3.44. The molecule has 1 N–H and O–H groups in total. The van der Waals surface area contributed by atoms with Gasteiger partial charge in [-0.1, -0.05) is 0 Å². The SMILES string of the molecule is COC1(CNCc2cc(C#N)ccc2F)CCOC1. The molecule has 1 saturated heterocycles. The molecule has 1 aliphatic heterocycles. The van der Waals surface area contributed by atoms with Crippen LogP contribution in [0.15, 0.2) is 18.2 Å². The van der Waals surface area contributed by atoms with Gasteiger partial charge in [-0.2, -0.15) is 5.26 Å². The Bertz CT molecular complexity index is 479. The standard InChI is InChI=1S/C14H17FN2O2/c1-18-14(4-5-19-10-14)9-17-8-12-6-11(7-16)2-3-13(12)15/h2-3,6,17H,4-5,8-10H2,1H3. The van der Waals surface area contributed by atoms with E-state index in [1.807, 2.05) is 6.07 Å². The Morgan fingerprint density at radius 1 is 1.58 bits per heavy atom. The monoisotopic (exact) mass is 264 g/mol. The molecule has 0 aromatic heterocycles. The van der Waals surface area contributed by atoms with Crippen molar-refractivity contribution in [1.82, 2.24) is 5.32 Å². The quantitative estimate of drug-likeness (QED) is 0.877. The maximum Gasteiger partial charge on any atom is 0.127 e. The largest absolute Gasteiger partial charge is 0.378 e. The van der Waals surface area contributed by atoms with E-state index in [-0.39, 0.29) is 11.4 Å². The van der Waals surface area contributed by atoms with Crippen LogP contribution >= 0.6 is 0 Å². The van der Waals surface area contributed by atoms with Crippen LogP contribution in [-0.2, 0) is 16.0 Å². The lowest BCUT2D eigenvalue weighted by Crippen LogP contribution is -2.42. The minimum atomic E-state index is -0.316. The lowest BCUT2D eigenvalue weighted by molar-refractivity contribution is -0.0159. The number of hydrogen-bond acceptors (Lipinski definition) is 4. The molecule has 0 spiro atoms. The summed E-state index contributed by atoms with van der Waals surface area (Å²) in [5.74, 6) is -0.305. The van der Waals surface area contributed by atoms with E-state index in [1.165, 1.54) is 12.1 Å². The summed E-state index contributed by atoms with van der Waals surface area (Å²) in [5, 5.41) is 12.0. The van der Waals surface area contributed by atoms with E-state index in [0.717, 1.165) is 6.42 Å². The summed E-state index contributed by atoms with van der Waals surface area (Å²) in [5.41, 5.74) is 0.636. The Morgan fingerprint density at radius 3 is 3.05 bits per heavy atom. The third-order valence-electron chi connectivity index (χ3n) is 3.44. The van der Waals surface area contributed by atoms with Crippen molar-refractivity contribution in [3.8, 4) is 6.07 Å². The van der Waals surface area contributed by atoms with Crippen molar-refractivity contribution in [1.29, 1.82) is 5.26 Å². The van der Waals surface area contributed by atoms with Crippen LogP contribution in [0.2, 0.25) is 0 Å². The summed E-state index contributed by atoms with van der Waals surface area (Å²) < 4.78 is 24.4. The number of methoxy groups -OCH3 is 1. The highest BCUT2D eigenvalue weighted by atomic mass is 19.1. The fraction of sp³-hybridized carbons (Fsp3) is 0.500. The molecule has 1 aliphatic rings. The van der Waals surface area contributed by atoms with Crippen LogP contribution in [0.3, 0.4) is 0 Å². The number of halogens is 1. The van der Waals surface area contributed by atoms with E-state index in [9.17, 15) is 4.39 Å². The Morgan fingerprint density at radius 2 is 2.42 bits per heavy atom. The Labute approximate surface area is 112 Å². The molecule has 1 aromatic rings. The molecule has 19 heavy (non-hydrogen) atoms. The van der Waals surface area contributed by atoms with Crippen molar-refractivity contribution in [3.63, 3.8) is 0 Å². The molecule has 102 valence electrons. The van der Waals surface area contributed by atoms with Crippen molar-refractivity contribution in [2.75, 3.05) is 26.9 Å². The first-order chi connectivity index (χ1) is 9.19. The summed E-state index contributed by atoms with van der Waals surface area (Å²) in [6, 6.07) is 6.36. The highest BCUT2D eigenvalue weighted by molar-refractivity contribution is 5.33. The topological polar surface area (TPSA) is 54.3 Å². The molecule has 5 heteroatoms. The average molecular weight is 264 g/mol. The van der Waals surface area contributed by atoms with Gasteiger partial charge < -0.3 is 14.8 Å². The van der Waals surface area contributed by atoms with Crippen LogP contribution in [-0.4, -0.2) is 32.5 Å². The molecule has 0 bridgehead atoms. The zero-order valence-electron chi connectivity index (χ0n) is 10.9. The van der Waals surface area contributed by atoms with Gasteiger partial charge in [-0.05, 0) is 18.2 Å². The molecular weight excluding hydrogens is 247 g/mol. The summed E-state index contributed by atoms with van der Waals surface area (Å²) in [6.45, 7) is 2.21. The van der Waals surface area contributed by atoms with Crippen molar-refractivity contribution >= 4 is 0 Å². The van der Waals surface area contributed by atoms with E-state index in [0.29, 0.717) is 37.4 Å². The Kier molecular flexibility index (Phi) is 4.48. The smallest absolute Gasteiger partial charge is 0.127 e. The first kappa shape index (κ1) is 13.9. The Hall–Kier alpha value is -1.48. The highest BCUT2D eigenvalue weighted by Crippen LogP contribution is 2.21. The molecule has 2 rings (SSSR count). The van der Waals surface area contributed by atoms with Crippen molar-refractivity contribution in [2.24, 2.45) is 0 Å². The molecule has 1 atom stereocenters. The zero-order valence-corrected chi connectivity index (χ0v) is 10.9. The lowest BCUT2D eigenvalue weighted by Gasteiger charge is -2.26. The minimum Gasteiger partial charge on any atom is -0.378 e. The summed E-state index contributed by atoms with van der Waals surface area (Å²) in [7, 11) is 1.66. The predicted molar refractivity (Wildman–Crippen MR) is 68.0 cm³/mol. The second kappa shape index (κ2) is 6.11. The summed E-state index contributed by atoms with van der Waals surface area (Å²) >= 11 is 0. The van der Waals surface area contributed by atoms with Crippen LogP contribution in [0.1, 0.15) is 17.5 Å². The van der Waals surface area contributed by atoms with Gasteiger partial charge in [-0.15, -0.1) is 0 Å². The summed E-state index contributed by atoms with van der Waals surface area (Å²) in [4.78, 5) is 0. The van der Waals surface area contributed by atoms with Crippen LogP contribution < -0.4 is 5.32 Å². The molecule has 1 unspecified atom stereocenters. The maximum absolute atomic E-state index is 13.6. The number of rotatable bonds is 5. The van der Waals surface area contributed by atoms with Gasteiger partial charge in [0.25, 0.3) is 0 Å². The van der Waals surface area contributed by atoms with E-state index >= 15 is 0 Å². The lowest BCUT2D eigenvalue weighted by atomic mass is 10.0. The third kappa shape index (κ3) is 3.29. The molecule has 4 nitrogen and oxygen atoms in total. The molecule has 0 saturated carbocycles. The van der Waals surface area contributed by atoms with E-state index in [2.05, 4.69) is 5.32 Å². The second-order valence-electron chi connectivity index (χ2n) is 4.71. The van der Waals surface area contributed by atoms with Gasteiger partial charge in [0.1, 0.15) is 11.4 Å². The second-order valence-corrected chi connectivity index (χ2v) is 4.71. The number of benzene rings is 1. The van der Waals surface area contributed by atoms with Gasteiger partial charge in [0.15, 0.2) is 0 Å². The van der Waals surface area contributed by atoms with Gasteiger partial charge in [0.2, 0.25) is 0 Å². The van der Waals surface area contributed by atoms with E-state index in [1.54, 1.807) is 13.2 Å². The minimum absolute atomic E-state index is 0.305. The Balaban J connectivity index is 1.94. The average Bonchev–Trinajstić information content (AvgIpc) is 2.90. The molecule has 0 amide bonds. The van der Waals surface area contributed by atoms with Crippen molar-refractivity contribution in [2.45, 2.75) is 18.6 Å². The van der Waals surface area contributed by atoms with Gasteiger partial charge in [-0.3, -0.25) is 0 Å². The molecule has 1 aromatic carbocycles. The number of nitriles is 1. The van der Waals surface area contributed by atoms with Crippen LogP contribution in [0.25, 0.3) is 0 Å². The fourth-order valence-corrected chi connectivity index (χ4v) is 2.17. The van der Waals surface area contributed by atoms with E-state index < -0.39 is 0 Å². The molecule has 0 aliphatic carbocycles. The first-order valence-corrected chi connectivity index (χ1v) is 6.21. The van der Waals surface area contributed by atoms with Gasteiger partial charge in [0.05, 0.1) is 18.2 Å².